The van der Waals surface area contributed by atoms with Gasteiger partial charge in [-0.25, -0.2) is 0 Å². The van der Waals surface area contributed by atoms with Crippen LogP contribution in [-0.4, -0.2) is 4.57 Å². The lowest BCUT2D eigenvalue weighted by molar-refractivity contribution is 0.748. The third-order valence-corrected chi connectivity index (χ3v) is 19.6. The van der Waals surface area contributed by atoms with Crippen molar-refractivity contribution in [3.8, 4) is 39.1 Å². The minimum absolute atomic E-state index is 0.615. The van der Waals surface area contributed by atoms with E-state index in [0.29, 0.717) is 0 Å². The molecule has 18 rings (SSSR count). The van der Waals surface area contributed by atoms with E-state index in [4.69, 9.17) is 0 Å². The molecule has 0 amide bonds. The molecule has 2 aromatic heterocycles. The molecule has 2 aliphatic carbocycles. The highest BCUT2D eigenvalue weighted by Gasteiger charge is 2.52. The highest BCUT2D eigenvalue weighted by Crippen LogP contribution is 2.64. The molecule has 3 heteroatoms. The molecule has 0 radical (unpaired) electrons. The van der Waals surface area contributed by atoms with Crippen molar-refractivity contribution >= 4 is 81.1 Å². The van der Waals surface area contributed by atoms with Gasteiger partial charge in [0.15, 0.2) is 0 Å². The second-order valence-corrected chi connectivity index (χ2v) is 23.2. The van der Waals surface area contributed by atoms with Gasteiger partial charge in [0.2, 0.25) is 0 Å². The van der Waals surface area contributed by atoms with Crippen LogP contribution in [0.25, 0.3) is 91.8 Å². The Hall–Kier alpha value is -10.1. The summed E-state index contributed by atoms with van der Waals surface area (Å²) in [5.74, 6) is 0. The third-order valence-electron chi connectivity index (χ3n) is 18.5. The fourth-order valence-corrected chi connectivity index (χ4v) is 16.5. The van der Waals surface area contributed by atoms with Gasteiger partial charge >= 0.3 is 0 Å². The van der Waals surface area contributed by atoms with E-state index < -0.39 is 10.8 Å². The van der Waals surface area contributed by atoms with Crippen LogP contribution in [0.3, 0.4) is 0 Å². The van der Waals surface area contributed by atoms with Crippen molar-refractivity contribution in [3.05, 3.63) is 336 Å². The molecule has 1 unspecified atom stereocenters. The molecular formula is C78H48N2S. The predicted molar refractivity (Wildman–Crippen MR) is 339 cm³/mol. The van der Waals surface area contributed by atoms with Gasteiger partial charge in [-0.1, -0.05) is 237 Å². The first kappa shape index (κ1) is 44.9. The Bertz CT molecular complexity index is 5080. The fraction of sp³-hybridized carbons (Fsp3) is 0.0256. The van der Waals surface area contributed by atoms with Crippen LogP contribution in [0.5, 0.6) is 0 Å². The van der Waals surface area contributed by atoms with Crippen LogP contribution in [0.15, 0.2) is 291 Å². The quantitative estimate of drug-likeness (QED) is 0.161. The second-order valence-electron chi connectivity index (χ2n) is 22.1. The van der Waals surface area contributed by atoms with Crippen molar-refractivity contribution in [1.29, 1.82) is 0 Å². The maximum Gasteiger partial charge on any atom is 0.0755 e. The van der Waals surface area contributed by atoms with E-state index >= 15 is 0 Å². The first-order chi connectivity index (χ1) is 40.2. The van der Waals surface area contributed by atoms with Gasteiger partial charge in [-0.15, -0.1) is 11.3 Å². The zero-order valence-corrected chi connectivity index (χ0v) is 44.8. The summed E-state index contributed by atoms with van der Waals surface area (Å²) in [4.78, 5) is 2.58. The van der Waals surface area contributed by atoms with Crippen LogP contribution in [0.4, 0.5) is 17.1 Å². The molecule has 1 spiro atoms. The molecule has 0 N–H and O–H groups in total. The summed E-state index contributed by atoms with van der Waals surface area (Å²) >= 11 is 1.87. The molecule has 1 aliphatic heterocycles. The third kappa shape index (κ3) is 5.85. The van der Waals surface area contributed by atoms with E-state index in [9.17, 15) is 0 Å². The molecule has 15 aromatic rings. The average molecular weight is 1050 g/mol. The van der Waals surface area contributed by atoms with Gasteiger partial charge in [0.1, 0.15) is 0 Å². The molecule has 0 bridgehead atoms. The average Bonchev–Trinajstić information content (AvgIpc) is 3.67. The van der Waals surface area contributed by atoms with Crippen LogP contribution < -0.4 is 4.90 Å². The molecule has 13 aromatic carbocycles. The van der Waals surface area contributed by atoms with Crippen LogP contribution in [0.2, 0.25) is 0 Å². The number of hydrogen-bond acceptors (Lipinski definition) is 2. The summed E-state index contributed by atoms with van der Waals surface area (Å²) < 4.78 is 5.15. The highest BCUT2D eigenvalue weighted by molar-refractivity contribution is 7.25. The zero-order chi connectivity index (χ0) is 53.0. The molecule has 1 atom stereocenters. The SMILES string of the molecule is c1ccc(C2(c3ccccc3)c3cc(N(c4ccc(-c5cccc6sc7ccccc7c56)cc4)c4cccc5c4-c4ccccc4C54c5ccccc5-n5c6ccccc6c6cccc4c65)ccc3-c3c2ccc2ccccc32)cc1. The van der Waals surface area contributed by atoms with Crippen LogP contribution in [0, 0.1) is 0 Å². The maximum absolute atomic E-state index is 2.58. The molecule has 81 heavy (non-hydrogen) atoms. The number of para-hydroxylation sites is 3. The Morgan fingerprint density at radius 1 is 0.333 bits per heavy atom. The van der Waals surface area contributed by atoms with Crippen molar-refractivity contribution in [1.82, 2.24) is 4.57 Å². The number of benzene rings is 13. The minimum Gasteiger partial charge on any atom is -0.310 e. The summed E-state index contributed by atoms with van der Waals surface area (Å²) in [5.41, 5.74) is 23.6. The van der Waals surface area contributed by atoms with Crippen molar-refractivity contribution in [2.45, 2.75) is 10.8 Å². The Labute approximate surface area is 473 Å². The first-order valence-electron chi connectivity index (χ1n) is 28.2. The van der Waals surface area contributed by atoms with Gasteiger partial charge in [0.25, 0.3) is 0 Å². The lowest BCUT2D eigenvalue weighted by Crippen LogP contribution is -2.33. The van der Waals surface area contributed by atoms with Crippen molar-refractivity contribution < 1.29 is 0 Å². The van der Waals surface area contributed by atoms with Crippen LogP contribution >= 0.6 is 11.3 Å². The van der Waals surface area contributed by atoms with Gasteiger partial charge in [0.05, 0.1) is 33.2 Å². The fourth-order valence-electron chi connectivity index (χ4n) is 15.4. The summed E-state index contributed by atoms with van der Waals surface area (Å²) in [6.45, 7) is 0. The van der Waals surface area contributed by atoms with E-state index in [1.807, 2.05) is 11.3 Å². The predicted octanol–water partition coefficient (Wildman–Crippen LogP) is 20.5. The number of nitrogens with zero attached hydrogens (tertiary/aromatic N) is 2. The van der Waals surface area contributed by atoms with E-state index in [0.717, 1.165) is 17.1 Å². The van der Waals surface area contributed by atoms with Gasteiger partial charge in [-0.3, -0.25) is 0 Å². The summed E-state index contributed by atoms with van der Waals surface area (Å²) in [6.07, 6.45) is 0. The van der Waals surface area contributed by atoms with Crippen molar-refractivity contribution in [2.75, 3.05) is 4.90 Å². The smallest absolute Gasteiger partial charge is 0.0755 e. The Morgan fingerprint density at radius 3 is 1.77 bits per heavy atom. The molecule has 0 saturated carbocycles. The van der Waals surface area contributed by atoms with Crippen LogP contribution in [0.1, 0.15) is 44.5 Å². The molecule has 3 aliphatic rings. The Balaban J connectivity index is 0.934. The van der Waals surface area contributed by atoms with E-state index in [2.05, 4.69) is 301 Å². The molecule has 0 fully saturated rings. The standard InChI is InChI=1S/C78H48N2S/c1-3-21-51(22-4-1)77(52-23-5-2-6-24-52)65-47-42-49-20-7-8-25-55(49)73(65)60-46-45-54(48-67(60)77)79(53-43-40-50(41-44-53)56-29-18-39-72-74(56)61-28-11-16-38-71(61)81-72)70-37-19-33-64-75(70)59-27-9-12-31-62(59)78(64)63-32-13-15-36-69(63)80-68-35-14-10-26-57(68)58-30-17-34-66(78)76(58)80/h1-48H. The van der Waals surface area contributed by atoms with Gasteiger partial charge < -0.3 is 9.47 Å². The second kappa shape index (κ2) is 16.7. The normalized spacial score (nSPS) is 15.1. The zero-order valence-electron chi connectivity index (χ0n) is 44.0. The molecule has 376 valence electrons. The number of thiophene rings is 1. The lowest BCUT2D eigenvalue weighted by atomic mass is 9.65. The minimum atomic E-state index is -0.622. The monoisotopic (exact) mass is 1040 g/mol. The number of hydrogen-bond donors (Lipinski definition) is 0. The number of rotatable bonds is 6. The van der Waals surface area contributed by atoms with E-state index in [1.165, 1.54) is 136 Å². The number of fused-ring (bicyclic) bond motifs is 20. The highest BCUT2D eigenvalue weighted by atomic mass is 32.1. The van der Waals surface area contributed by atoms with E-state index in [1.54, 1.807) is 0 Å². The first-order valence-corrected chi connectivity index (χ1v) is 29.0. The molecule has 0 saturated heterocycles. The van der Waals surface area contributed by atoms with Gasteiger partial charge in [0, 0.05) is 47.9 Å². The molecule has 2 nitrogen and oxygen atoms in total. The molecular weight excluding hydrogens is 997 g/mol. The maximum atomic E-state index is 2.58. The summed E-state index contributed by atoms with van der Waals surface area (Å²) in [6, 6.07) is 110. The van der Waals surface area contributed by atoms with E-state index in [-0.39, 0.29) is 0 Å². The molecule has 3 heterocycles. The summed E-state index contributed by atoms with van der Waals surface area (Å²) in [7, 11) is 0. The van der Waals surface area contributed by atoms with Crippen molar-refractivity contribution in [2.24, 2.45) is 0 Å². The lowest BCUT2D eigenvalue weighted by Gasteiger charge is -2.39. The Morgan fingerprint density at radius 2 is 0.926 bits per heavy atom. The number of aromatic nitrogens is 1. The van der Waals surface area contributed by atoms with Crippen molar-refractivity contribution in [3.63, 3.8) is 0 Å². The van der Waals surface area contributed by atoms with Crippen LogP contribution in [-0.2, 0) is 10.8 Å². The Kier molecular flexibility index (Phi) is 9.27. The van der Waals surface area contributed by atoms with Gasteiger partial charge in [-0.05, 0) is 138 Å². The number of anilines is 3. The summed E-state index contributed by atoms with van der Waals surface area (Å²) in [5, 5.41) is 7.68. The topological polar surface area (TPSA) is 8.17 Å². The largest absolute Gasteiger partial charge is 0.310 e. The van der Waals surface area contributed by atoms with Gasteiger partial charge in [-0.2, -0.15) is 0 Å².